The Morgan fingerprint density at radius 3 is 2.71 bits per heavy atom. The molecule has 0 aliphatic heterocycles. The molecule has 0 saturated carbocycles. The molecule has 0 aliphatic carbocycles. The molecule has 0 amide bonds. The molecule has 72 valence electrons. The quantitative estimate of drug-likeness (QED) is 0.757. The van der Waals surface area contributed by atoms with Crippen molar-refractivity contribution in [2.75, 3.05) is 0 Å². The molecule has 2 rings (SSSR count). The number of aromatic carboxylic acids is 1. The van der Waals surface area contributed by atoms with Gasteiger partial charge < -0.3 is 10.2 Å². The number of hydrogen-bond acceptors (Lipinski definition) is 3. The van der Waals surface area contributed by atoms with Crippen molar-refractivity contribution in [3.63, 3.8) is 0 Å². The van der Waals surface area contributed by atoms with E-state index in [2.05, 4.69) is 0 Å². The van der Waals surface area contributed by atoms with Gasteiger partial charge in [-0.3, -0.25) is 0 Å². The number of carboxylic acids is 1. The number of phenolic OH excluding ortho intramolecular Hbond substituents is 1. The van der Waals surface area contributed by atoms with Crippen LogP contribution in [0.25, 0.3) is 10.1 Å². The zero-order valence-corrected chi connectivity index (χ0v) is 8.26. The maximum Gasteiger partial charge on any atom is 0.336 e. The van der Waals surface area contributed by atoms with E-state index in [1.54, 1.807) is 6.07 Å². The number of fused-ring (bicyclic) bond motifs is 1. The van der Waals surface area contributed by atoms with Gasteiger partial charge in [-0.05, 0) is 25.1 Å². The van der Waals surface area contributed by atoms with Crippen LogP contribution in [0.15, 0.2) is 18.2 Å². The zero-order valence-electron chi connectivity index (χ0n) is 7.44. The van der Waals surface area contributed by atoms with Crippen LogP contribution in [0.5, 0.6) is 5.75 Å². The van der Waals surface area contributed by atoms with Gasteiger partial charge in [0.1, 0.15) is 5.75 Å². The van der Waals surface area contributed by atoms with Crippen molar-refractivity contribution in [3.8, 4) is 5.75 Å². The Kier molecular flexibility index (Phi) is 1.93. The van der Waals surface area contributed by atoms with Crippen LogP contribution in [-0.4, -0.2) is 16.2 Å². The average molecular weight is 208 g/mol. The highest BCUT2D eigenvalue weighted by Gasteiger charge is 2.12. The summed E-state index contributed by atoms with van der Waals surface area (Å²) in [4.78, 5) is 11.9. The van der Waals surface area contributed by atoms with Crippen LogP contribution in [-0.2, 0) is 0 Å². The van der Waals surface area contributed by atoms with Crippen LogP contribution in [0.1, 0.15) is 15.2 Å². The lowest BCUT2D eigenvalue weighted by molar-refractivity contribution is 0.0698. The molecule has 0 aliphatic rings. The van der Waals surface area contributed by atoms with Gasteiger partial charge >= 0.3 is 5.97 Å². The zero-order chi connectivity index (χ0) is 10.3. The first kappa shape index (κ1) is 9.02. The van der Waals surface area contributed by atoms with Gasteiger partial charge in [0.05, 0.1) is 5.56 Å². The third-order valence-corrected chi connectivity index (χ3v) is 2.97. The van der Waals surface area contributed by atoms with E-state index < -0.39 is 5.97 Å². The molecule has 0 unspecified atom stereocenters. The minimum atomic E-state index is -1.01. The first-order chi connectivity index (χ1) is 6.58. The van der Waals surface area contributed by atoms with Crippen LogP contribution in [0.2, 0.25) is 0 Å². The summed E-state index contributed by atoms with van der Waals surface area (Å²) in [6.07, 6.45) is 0. The minimum absolute atomic E-state index is 0.00301. The molecule has 0 radical (unpaired) electrons. The van der Waals surface area contributed by atoms with Crippen molar-refractivity contribution >= 4 is 27.4 Å². The fourth-order valence-electron chi connectivity index (χ4n) is 1.43. The van der Waals surface area contributed by atoms with Crippen molar-refractivity contribution in [1.29, 1.82) is 0 Å². The summed E-state index contributed by atoms with van der Waals surface area (Å²) in [5, 5.41) is 18.9. The third-order valence-electron chi connectivity index (χ3n) is 1.98. The second-order valence-corrected chi connectivity index (χ2v) is 4.36. The number of aromatic hydroxyl groups is 1. The Morgan fingerprint density at radius 1 is 1.36 bits per heavy atom. The van der Waals surface area contributed by atoms with E-state index in [1.807, 2.05) is 13.0 Å². The summed E-state index contributed by atoms with van der Waals surface area (Å²) in [5.74, 6) is -1.01. The molecule has 0 fully saturated rings. The van der Waals surface area contributed by atoms with Crippen LogP contribution < -0.4 is 0 Å². The molecule has 4 heteroatoms. The van der Waals surface area contributed by atoms with Crippen LogP contribution in [0, 0.1) is 6.92 Å². The van der Waals surface area contributed by atoms with Crippen LogP contribution >= 0.6 is 11.3 Å². The van der Waals surface area contributed by atoms with Crippen LogP contribution in [0.3, 0.4) is 0 Å². The van der Waals surface area contributed by atoms with Crippen LogP contribution in [0.4, 0.5) is 0 Å². The summed E-state index contributed by atoms with van der Waals surface area (Å²) >= 11 is 1.47. The number of rotatable bonds is 1. The Labute approximate surface area is 84.2 Å². The van der Waals surface area contributed by atoms with Crippen molar-refractivity contribution in [1.82, 2.24) is 0 Å². The van der Waals surface area contributed by atoms with Gasteiger partial charge in [0.15, 0.2) is 0 Å². The number of aryl methyl sites for hydroxylation is 1. The van der Waals surface area contributed by atoms with Gasteiger partial charge in [-0.1, -0.05) is 0 Å². The topological polar surface area (TPSA) is 57.5 Å². The standard InChI is InChI=1S/C10H8O3S/c1-5-2-7-8(10(12)13)3-6(11)4-9(7)14-5/h2-4,11H,1H3,(H,12,13). The van der Waals surface area contributed by atoms with E-state index in [9.17, 15) is 9.90 Å². The molecule has 3 nitrogen and oxygen atoms in total. The number of thiophene rings is 1. The first-order valence-corrected chi connectivity index (χ1v) is 4.86. The highest BCUT2D eigenvalue weighted by atomic mass is 32.1. The lowest BCUT2D eigenvalue weighted by atomic mass is 10.1. The monoisotopic (exact) mass is 208 g/mol. The number of carbonyl (C=O) groups is 1. The molecule has 2 N–H and O–H groups in total. The predicted molar refractivity (Wildman–Crippen MR) is 55.2 cm³/mol. The summed E-state index contributed by atoms with van der Waals surface area (Å²) in [5.41, 5.74) is 0.157. The smallest absolute Gasteiger partial charge is 0.336 e. The second-order valence-electron chi connectivity index (χ2n) is 3.07. The number of hydrogen-bond donors (Lipinski definition) is 2. The molecular weight excluding hydrogens is 200 g/mol. The third kappa shape index (κ3) is 1.33. The molecule has 0 saturated heterocycles. The number of phenols is 1. The summed E-state index contributed by atoms with van der Waals surface area (Å²) in [6.45, 7) is 1.91. The van der Waals surface area contributed by atoms with Gasteiger partial charge in [-0.2, -0.15) is 0 Å². The average Bonchev–Trinajstić information content (AvgIpc) is 2.42. The molecule has 0 spiro atoms. The maximum atomic E-state index is 10.9. The molecule has 0 bridgehead atoms. The summed E-state index contributed by atoms with van der Waals surface area (Å²) in [7, 11) is 0. The van der Waals surface area contributed by atoms with E-state index in [0.717, 1.165) is 9.58 Å². The SMILES string of the molecule is Cc1cc2c(C(=O)O)cc(O)cc2s1. The van der Waals surface area contributed by atoms with Crippen molar-refractivity contribution in [2.24, 2.45) is 0 Å². The van der Waals surface area contributed by atoms with Gasteiger partial charge in [-0.15, -0.1) is 11.3 Å². The largest absolute Gasteiger partial charge is 0.508 e. The highest BCUT2D eigenvalue weighted by Crippen LogP contribution is 2.31. The fourth-order valence-corrected chi connectivity index (χ4v) is 2.41. The maximum absolute atomic E-state index is 10.9. The van der Waals surface area contributed by atoms with Crippen molar-refractivity contribution < 1.29 is 15.0 Å². The summed E-state index contributed by atoms with van der Waals surface area (Å²) < 4.78 is 0.805. The van der Waals surface area contributed by atoms with Gasteiger partial charge in [0.2, 0.25) is 0 Å². The molecule has 2 aromatic rings. The lowest BCUT2D eigenvalue weighted by Gasteiger charge is -1.98. The summed E-state index contributed by atoms with van der Waals surface area (Å²) in [6, 6.07) is 4.68. The molecule has 0 atom stereocenters. The van der Waals surface area contributed by atoms with Gasteiger partial charge in [-0.25, -0.2) is 4.79 Å². The van der Waals surface area contributed by atoms with Gasteiger partial charge in [0.25, 0.3) is 0 Å². The normalized spacial score (nSPS) is 10.6. The Balaban J connectivity index is 2.85. The molecule has 1 aromatic carbocycles. The predicted octanol–water partition coefficient (Wildman–Crippen LogP) is 2.61. The minimum Gasteiger partial charge on any atom is -0.508 e. The highest BCUT2D eigenvalue weighted by molar-refractivity contribution is 7.19. The lowest BCUT2D eigenvalue weighted by Crippen LogP contribution is -1.95. The van der Waals surface area contributed by atoms with E-state index in [-0.39, 0.29) is 11.3 Å². The molecule has 1 aromatic heterocycles. The van der Waals surface area contributed by atoms with E-state index in [1.165, 1.54) is 17.4 Å². The van der Waals surface area contributed by atoms with Crippen molar-refractivity contribution in [3.05, 3.63) is 28.6 Å². The Bertz CT molecular complexity index is 513. The van der Waals surface area contributed by atoms with E-state index in [4.69, 9.17) is 5.11 Å². The number of benzene rings is 1. The molecule has 1 heterocycles. The van der Waals surface area contributed by atoms with Crippen molar-refractivity contribution in [2.45, 2.75) is 6.92 Å². The van der Waals surface area contributed by atoms with E-state index in [0.29, 0.717) is 5.39 Å². The van der Waals surface area contributed by atoms with Gasteiger partial charge in [0, 0.05) is 15.0 Å². The van der Waals surface area contributed by atoms with E-state index >= 15 is 0 Å². The Morgan fingerprint density at radius 2 is 2.07 bits per heavy atom. The fraction of sp³-hybridized carbons (Fsp3) is 0.100. The second kappa shape index (κ2) is 2.99. The molecule has 14 heavy (non-hydrogen) atoms. The Hall–Kier alpha value is -1.55. The first-order valence-electron chi connectivity index (χ1n) is 4.04. The number of carboxylic acid groups (broad SMARTS) is 1. The molecular formula is C10H8O3S.